The van der Waals surface area contributed by atoms with Gasteiger partial charge >= 0.3 is 5.97 Å². The van der Waals surface area contributed by atoms with E-state index < -0.39 is 17.8 Å². The molecule has 0 amide bonds. The second-order valence-corrected chi connectivity index (χ2v) is 3.12. The summed E-state index contributed by atoms with van der Waals surface area (Å²) in [4.78, 5) is 21.9. The fraction of sp³-hybridized carbons (Fsp3) is 0.200. The van der Waals surface area contributed by atoms with Crippen molar-refractivity contribution in [2.24, 2.45) is 5.73 Å². The Morgan fingerprint density at radius 3 is 2.53 bits per heavy atom. The quantitative estimate of drug-likeness (QED) is 0.704. The van der Waals surface area contributed by atoms with Crippen molar-refractivity contribution < 1.29 is 14.7 Å². The second kappa shape index (κ2) is 4.56. The molecule has 0 fully saturated rings. The van der Waals surface area contributed by atoms with Gasteiger partial charge in [0.05, 0.1) is 5.69 Å². The SMILES string of the molecule is [NH]c1ccccc1C(=O)C[C@H](N)C(=O)O. The van der Waals surface area contributed by atoms with Crippen molar-refractivity contribution in [1.82, 2.24) is 5.73 Å². The Hall–Kier alpha value is -1.88. The van der Waals surface area contributed by atoms with E-state index in [1.54, 1.807) is 12.1 Å². The van der Waals surface area contributed by atoms with Gasteiger partial charge in [0.2, 0.25) is 0 Å². The lowest BCUT2D eigenvalue weighted by Gasteiger charge is -2.06. The minimum atomic E-state index is -1.22. The third-order valence-electron chi connectivity index (χ3n) is 1.95. The molecule has 5 heteroatoms. The third-order valence-corrected chi connectivity index (χ3v) is 1.95. The zero-order chi connectivity index (χ0) is 11.4. The molecule has 1 atom stereocenters. The van der Waals surface area contributed by atoms with Gasteiger partial charge in [0.15, 0.2) is 5.78 Å². The van der Waals surface area contributed by atoms with Crippen LogP contribution in [-0.2, 0) is 4.79 Å². The number of nitrogens with two attached hydrogens (primary N) is 1. The van der Waals surface area contributed by atoms with Crippen molar-refractivity contribution in [3.05, 3.63) is 29.8 Å². The molecule has 4 N–H and O–H groups in total. The van der Waals surface area contributed by atoms with E-state index in [0.29, 0.717) is 0 Å². The van der Waals surface area contributed by atoms with Crippen molar-refractivity contribution in [2.45, 2.75) is 12.5 Å². The van der Waals surface area contributed by atoms with Gasteiger partial charge in [-0.1, -0.05) is 12.1 Å². The van der Waals surface area contributed by atoms with Gasteiger partial charge in [-0.2, -0.15) is 0 Å². The van der Waals surface area contributed by atoms with E-state index in [9.17, 15) is 9.59 Å². The van der Waals surface area contributed by atoms with Gasteiger partial charge in [-0.3, -0.25) is 9.59 Å². The molecule has 0 aromatic heterocycles. The van der Waals surface area contributed by atoms with Crippen LogP contribution in [0.3, 0.4) is 0 Å². The predicted octanol–water partition coefficient (Wildman–Crippen LogP) is 0.586. The number of ketones is 1. The number of benzene rings is 1. The number of carboxylic acids is 1. The van der Waals surface area contributed by atoms with Gasteiger partial charge in [-0.05, 0) is 12.1 Å². The Balaban J connectivity index is 2.78. The number of carboxylic acid groups (broad SMARTS) is 1. The summed E-state index contributed by atoms with van der Waals surface area (Å²) in [6.07, 6.45) is -0.286. The van der Waals surface area contributed by atoms with Gasteiger partial charge in [-0.15, -0.1) is 0 Å². The Labute approximate surface area is 86.7 Å². The smallest absolute Gasteiger partial charge is 0.320 e. The zero-order valence-electron chi connectivity index (χ0n) is 7.93. The highest BCUT2D eigenvalue weighted by molar-refractivity contribution is 6.02. The van der Waals surface area contributed by atoms with Crippen LogP contribution in [0.2, 0.25) is 0 Å². The van der Waals surface area contributed by atoms with Gasteiger partial charge in [0.1, 0.15) is 6.04 Å². The van der Waals surface area contributed by atoms with E-state index >= 15 is 0 Å². The van der Waals surface area contributed by atoms with Crippen LogP contribution in [-0.4, -0.2) is 22.9 Å². The first-order chi connectivity index (χ1) is 7.02. The number of hydrogen-bond acceptors (Lipinski definition) is 3. The molecule has 1 aromatic rings. The fourth-order valence-corrected chi connectivity index (χ4v) is 1.12. The van der Waals surface area contributed by atoms with Crippen LogP contribution in [0, 0.1) is 0 Å². The average molecular weight is 207 g/mol. The molecular weight excluding hydrogens is 196 g/mol. The van der Waals surface area contributed by atoms with E-state index in [1.165, 1.54) is 12.1 Å². The van der Waals surface area contributed by atoms with E-state index in [1.807, 2.05) is 0 Å². The van der Waals surface area contributed by atoms with Crippen LogP contribution >= 0.6 is 0 Å². The highest BCUT2D eigenvalue weighted by Gasteiger charge is 2.18. The minimum absolute atomic E-state index is 0.0834. The van der Waals surface area contributed by atoms with Gasteiger partial charge in [0.25, 0.3) is 0 Å². The number of carbonyl (C=O) groups is 2. The lowest BCUT2D eigenvalue weighted by Crippen LogP contribution is -2.32. The standard InChI is InChI=1S/C10H11N2O3/c11-7-4-2-1-3-6(7)9(13)5-8(12)10(14)15/h1-4,8,11H,5,12H2,(H,14,15)/t8-/m0/s1. The zero-order valence-corrected chi connectivity index (χ0v) is 7.93. The molecule has 0 aliphatic heterocycles. The maximum atomic E-state index is 11.5. The molecule has 1 aromatic carbocycles. The van der Waals surface area contributed by atoms with Crippen LogP contribution in [0.15, 0.2) is 24.3 Å². The van der Waals surface area contributed by atoms with Crippen LogP contribution in [0.1, 0.15) is 16.8 Å². The number of Topliss-reactive ketones (excluding diaryl/α,β-unsaturated/α-hetero) is 1. The van der Waals surface area contributed by atoms with Crippen LogP contribution in [0.4, 0.5) is 5.69 Å². The molecule has 0 unspecified atom stereocenters. The summed E-state index contributed by atoms with van der Waals surface area (Å²) in [6.45, 7) is 0. The summed E-state index contributed by atoms with van der Waals surface area (Å²) in [5, 5.41) is 8.52. The highest BCUT2D eigenvalue weighted by Crippen LogP contribution is 2.14. The van der Waals surface area contributed by atoms with E-state index in [0.717, 1.165) is 0 Å². The molecule has 0 bridgehead atoms. The molecule has 0 aliphatic rings. The Kier molecular flexibility index (Phi) is 3.41. The van der Waals surface area contributed by atoms with E-state index in [-0.39, 0.29) is 17.7 Å². The van der Waals surface area contributed by atoms with Crippen molar-refractivity contribution in [2.75, 3.05) is 0 Å². The molecule has 1 rings (SSSR count). The van der Waals surface area contributed by atoms with Crippen LogP contribution in [0.25, 0.3) is 0 Å². The maximum Gasteiger partial charge on any atom is 0.320 e. The molecule has 5 nitrogen and oxygen atoms in total. The number of rotatable bonds is 4. The van der Waals surface area contributed by atoms with Gasteiger partial charge in [-0.25, -0.2) is 0 Å². The number of hydrogen-bond donors (Lipinski definition) is 2. The lowest BCUT2D eigenvalue weighted by atomic mass is 10.0. The minimum Gasteiger partial charge on any atom is -0.480 e. The topological polar surface area (TPSA) is 104 Å². The molecule has 0 saturated heterocycles. The summed E-state index contributed by atoms with van der Waals surface area (Å²) in [6, 6.07) is 5.00. The first kappa shape index (κ1) is 11.2. The average Bonchev–Trinajstić information content (AvgIpc) is 2.18. The molecule has 79 valence electrons. The third kappa shape index (κ3) is 2.78. The summed E-state index contributed by atoms with van der Waals surface area (Å²) in [7, 11) is 0. The molecule has 0 aliphatic carbocycles. The summed E-state index contributed by atoms with van der Waals surface area (Å²) < 4.78 is 0. The monoisotopic (exact) mass is 207 g/mol. The van der Waals surface area contributed by atoms with E-state index in [4.69, 9.17) is 16.6 Å². The fourth-order valence-electron chi connectivity index (χ4n) is 1.12. The molecule has 0 saturated carbocycles. The number of nitrogens with one attached hydrogen (secondary N) is 1. The predicted molar refractivity (Wildman–Crippen MR) is 53.8 cm³/mol. The van der Waals surface area contributed by atoms with Crippen molar-refractivity contribution in [3.8, 4) is 0 Å². The first-order valence-electron chi connectivity index (χ1n) is 4.34. The molecule has 0 heterocycles. The van der Waals surface area contributed by atoms with Crippen molar-refractivity contribution >= 4 is 17.4 Å². The lowest BCUT2D eigenvalue weighted by molar-refractivity contribution is -0.138. The highest BCUT2D eigenvalue weighted by atomic mass is 16.4. The van der Waals surface area contributed by atoms with Gasteiger partial charge in [0, 0.05) is 12.0 Å². The normalized spacial score (nSPS) is 12.1. The van der Waals surface area contributed by atoms with Crippen molar-refractivity contribution in [3.63, 3.8) is 0 Å². The van der Waals surface area contributed by atoms with Crippen LogP contribution in [0.5, 0.6) is 0 Å². The first-order valence-corrected chi connectivity index (χ1v) is 4.34. The molecular formula is C10H11N2O3. The Bertz CT molecular complexity index is 390. The summed E-state index contributed by atoms with van der Waals surface area (Å²) in [5.74, 6) is -1.64. The largest absolute Gasteiger partial charge is 0.480 e. The van der Waals surface area contributed by atoms with Crippen LogP contribution < -0.4 is 11.5 Å². The maximum absolute atomic E-state index is 11.5. The molecule has 1 radical (unpaired) electrons. The second-order valence-electron chi connectivity index (χ2n) is 3.12. The summed E-state index contributed by atoms with van der Waals surface area (Å²) >= 11 is 0. The number of aliphatic carboxylic acids is 1. The Morgan fingerprint density at radius 1 is 1.40 bits per heavy atom. The van der Waals surface area contributed by atoms with E-state index in [2.05, 4.69) is 0 Å². The van der Waals surface area contributed by atoms with Crippen molar-refractivity contribution in [1.29, 1.82) is 0 Å². The molecule has 15 heavy (non-hydrogen) atoms. The summed E-state index contributed by atoms with van der Waals surface area (Å²) in [5.41, 5.74) is 13.0. The van der Waals surface area contributed by atoms with Gasteiger partial charge < -0.3 is 16.6 Å². The Morgan fingerprint density at radius 2 is 2.00 bits per heavy atom. The molecule has 0 spiro atoms. The number of carbonyl (C=O) groups excluding carboxylic acids is 1.